The smallest absolute Gasteiger partial charge is 0.0512 e. The molecule has 1 unspecified atom stereocenters. The maximum absolute atomic E-state index is 9.39. The third kappa shape index (κ3) is 2.80. The molecule has 0 heterocycles. The number of aliphatic hydroxyl groups excluding tert-OH is 1. The van der Waals surface area contributed by atoms with Crippen LogP contribution in [0.2, 0.25) is 0 Å². The first-order valence-electron chi connectivity index (χ1n) is 5.43. The van der Waals surface area contributed by atoms with Gasteiger partial charge < -0.3 is 10.4 Å². The SMILES string of the molecule is CNCC(CO)c1c(C)cc(C)cc1C. The molecule has 0 saturated carbocycles. The Morgan fingerprint density at radius 3 is 2.13 bits per heavy atom. The summed E-state index contributed by atoms with van der Waals surface area (Å²) >= 11 is 0. The van der Waals surface area contributed by atoms with Gasteiger partial charge in [-0.25, -0.2) is 0 Å². The molecule has 2 N–H and O–H groups in total. The molecule has 0 aromatic heterocycles. The molecule has 2 heteroatoms. The molecule has 0 spiro atoms. The first-order valence-corrected chi connectivity index (χ1v) is 5.43. The minimum Gasteiger partial charge on any atom is -0.396 e. The summed E-state index contributed by atoms with van der Waals surface area (Å²) in [4.78, 5) is 0. The van der Waals surface area contributed by atoms with E-state index >= 15 is 0 Å². The van der Waals surface area contributed by atoms with E-state index in [1.165, 1.54) is 22.3 Å². The van der Waals surface area contributed by atoms with Crippen molar-refractivity contribution in [2.45, 2.75) is 26.7 Å². The first-order chi connectivity index (χ1) is 7.10. The van der Waals surface area contributed by atoms with E-state index in [4.69, 9.17) is 0 Å². The fourth-order valence-electron chi connectivity index (χ4n) is 2.34. The molecule has 15 heavy (non-hydrogen) atoms. The predicted molar refractivity (Wildman–Crippen MR) is 64.4 cm³/mol. The van der Waals surface area contributed by atoms with Crippen molar-refractivity contribution in [3.05, 3.63) is 34.4 Å². The van der Waals surface area contributed by atoms with E-state index in [0.29, 0.717) is 0 Å². The van der Waals surface area contributed by atoms with Crippen molar-refractivity contribution < 1.29 is 5.11 Å². The van der Waals surface area contributed by atoms with Crippen molar-refractivity contribution >= 4 is 0 Å². The minimum absolute atomic E-state index is 0.200. The maximum atomic E-state index is 9.39. The number of rotatable bonds is 4. The maximum Gasteiger partial charge on any atom is 0.0512 e. The van der Waals surface area contributed by atoms with Gasteiger partial charge in [-0.15, -0.1) is 0 Å². The van der Waals surface area contributed by atoms with Crippen LogP contribution in [-0.4, -0.2) is 25.3 Å². The van der Waals surface area contributed by atoms with Gasteiger partial charge in [0.05, 0.1) is 6.61 Å². The van der Waals surface area contributed by atoms with E-state index in [0.717, 1.165) is 6.54 Å². The van der Waals surface area contributed by atoms with E-state index in [1.807, 2.05) is 7.05 Å². The molecular weight excluding hydrogens is 186 g/mol. The molecule has 1 aromatic rings. The fraction of sp³-hybridized carbons (Fsp3) is 0.538. The van der Waals surface area contributed by atoms with Crippen molar-refractivity contribution in [1.29, 1.82) is 0 Å². The van der Waals surface area contributed by atoms with Crippen LogP contribution in [-0.2, 0) is 0 Å². The molecule has 0 aliphatic rings. The lowest BCUT2D eigenvalue weighted by molar-refractivity contribution is 0.262. The first kappa shape index (κ1) is 12.2. The fourth-order valence-corrected chi connectivity index (χ4v) is 2.34. The van der Waals surface area contributed by atoms with E-state index < -0.39 is 0 Å². The van der Waals surface area contributed by atoms with Crippen molar-refractivity contribution in [2.24, 2.45) is 0 Å². The van der Waals surface area contributed by atoms with Gasteiger partial charge in [-0.2, -0.15) is 0 Å². The molecule has 1 aromatic carbocycles. The quantitative estimate of drug-likeness (QED) is 0.790. The number of aryl methyl sites for hydroxylation is 3. The third-order valence-electron chi connectivity index (χ3n) is 2.82. The summed E-state index contributed by atoms with van der Waals surface area (Å²) in [6.45, 7) is 7.37. The van der Waals surface area contributed by atoms with Gasteiger partial charge in [0, 0.05) is 12.5 Å². The summed E-state index contributed by atoms with van der Waals surface area (Å²) in [5.41, 5.74) is 5.14. The standard InChI is InChI=1S/C13H21NO/c1-9-5-10(2)13(11(3)6-9)12(8-15)7-14-4/h5-6,12,14-15H,7-8H2,1-4H3. The summed E-state index contributed by atoms with van der Waals surface area (Å²) < 4.78 is 0. The molecule has 0 bridgehead atoms. The van der Waals surface area contributed by atoms with Crippen LogP contribution in [0.4, 0.5) is 0 Å². The van der Waals surface area contributed by atoms with Crippen LogP contribution in [0, 0.1) is 20.8 Å². The highest BCUT2D eigenvalue weighted by Crippen LogP contribution is 2.24. The van der Waals surface area contributed by atoms with Crippen molar-refractivity contribution in [3.63, 3.8) is 0 Å². The highest BCUT2D eigenvalue weighted by atomic mass is 16.3. The van der Waals surface area contributed by atoms with Gasteiger partial charge in [0.25, 0.3) is 0 Å². The van der Waals surface area contributed by atoms with Gasteiger partial charge >= 0.3 is 0 Å². The molecule has 0 saturated heterocycles. The van der Waals surface area contributed by atoms with Crippen LogP contribution in [0.15, 0.2) is 12.1 Å². The Kier molecular flexibility index (Phi) is 4.30. The van der Waals surface area contributed by atoms with Crippen LogP contribution in [0.3, 0.4) is 0 Å². The summed E-state index contributed by atoms with van der Waals surface area (Å²) in [5.74, 6) is 0.204. The Balaban J connectivity index is 3.11. The van der Waals surface area contributed by atoms with Crippen LogP contribution in [0.5, 0.6) is 0 Å². The lowest BCUT2D eigenvalue weighted by atomic mass is 9.90. The third-order valence-corrected chi connectivity index (χ3v) is 2.82. The Bertz CT molecular complexity index is 310. The van der Waals surface area contributed by atoms with E-state index in [9.17, 15) is 5.11 Å². The van der Waals surface area contributed by atoms with Crippen LogP contribution < -0.4 is 5.32 Å². The molecule has 0 fully saturated rings. The lowest BCUT2D eigenvalue weighted by Crippen LogP contribution is -2.21. The molecule has 0 amide bonds. The number of benzene rings is 1. The average Bonchev–Trinajstić information content (AvgIpc) is 2.14. The molecule has 0 radical (unpaired) electrons. The van der Waals surface area contributed by atoms with Crippen LogP contribution >= 0.6 is 0 Å². The Morgan fingerprint density at radius 1 is 1.20 bits per heavy atom. The second kappa shape index (κ2) is 5.29. The molecule has 0 aliphatic carbocycles. The van der Waals surface area contributed by atoms with E-state index in [-0.39, 0.29) is 12.5 Å². The van der Waals surface area contributed by atoms with Gasteiger partial charge in [-0.1, -0.05) is 17.7 Å². The molecule has 0 aliphatic heterocycles. The number of hydrogen-bond donors (Lipinski definition) is 2. The van der Waals surface area contributed by atoms with Gasteiger partial charge in [0.15, 0.2) is 0 Å². The topological polar surface area (TPSA) is 32.3 Å². The van der Waals surface area contributed by atoms with Crippen molar-refractivity contribution in [3.8, 4) is 0 Å². The normalized spacial score (nSPS) is 12.9. The number of likely N-dealkylation sites (N-methyl/N-ethyl adjacent to an activating group) is 1. The molecule has 84 valence electrons. The minimum atomic E-state index is 0.200. The van der Waals surface area contributed by atoms with Gasteiger partial charge in [-0.05, 0) is 44.5 Å². The summed E-state index contributed by atoms with van der Waals surface area (Å²) in [7, 11) is 1.92. The second-order valence-corrected chi connectivity index (χ2v) is 4.25. The van der Waals surface area contributed by atoms with E-state index in [2.05, 4.69) is 38.2 Å². The summed E-state index contributed by atoms with van der Waals surface area (Å²) in [6.07, 6.45) is 0. The van der Waals surface area contributed by atoms with Crippen molar-refractivity contribution in [2.75, 3.05) is 20.2 Å². The average molecular weight is 207 g/mol. The van der Waals surface area contributed by atoms with Crippen LogP contribution in [0.25, 0.3) is 0 Å². The zero-order valence-corrected chi connectivity index (χ0v) is 10.1. The Labute approximate surface area is 92.3 Å². The van der Waals surface area contributed by atoms with E-state index in [1.54, 1.807) is 0 Å². The van der Waals surface area contributed by atoms with Gasteiger partial charge in [0.1, 0.15) is 0 Å². The number of hydrogen-bond acceptors (Lipinski definition) is 2. The highest BCUT2D eigenvalue weighted by Gasteiger charge is 2.14. The zero-order chi connectivity index (χ0) is 11.4. The molecular formula is C13H21NO. The van der Waals surface area contributed by atoms with Crippen LogP contribution in [0.1, 0.15) is 28.2 Å². The lowest BCUT2D eigenvalue weighted by Gasteiger charge is -2.20. The van der Waals surface area contributed by atoms with Gasteiger partial charge in [-0.3, -0.25) is 0 Å². The largest absolute Gasteiger partial charge is 0.396 e. The Morgan fingerprint density at radius 2 is 1.73 bits per heavy atom. The zero-order valence-electron chi connectivity index (χ0n) is 10.1. The monoisotopic (exact) mass is 207 g/mol. The molecule has 1 atom stereocenters. The Hall–Kier alpha value is -0.860. The molecule has 2 nitrogen and oxygen atoms in total. The highest BCUT2D eigenvalue weighted by molar-refractivity contribution is 5.40. The second-order valence-electron chi connectivity index (χ2n) is 4.25. The van der Waals surface area contributed by atoms with Gasteiger partial charge in [0.2, 0.25) is 0 Å². The summed E-state index contributed by atoms with van der Waals surface area (Å²) in [5, 5.41) is 12.5. The summed E-state index contributed by atoms with van der Waals surface area (Å²) in [6, 6.07) is 4.36. The predicted octanol–water partition coefficient (Wildman–Crippen LogP) is 1.91. The van der Waals surface area contributed by atoms with Crippen molar-refractivity contribution in [1.82, 2.24) is 5.32 Å². The number of aliphatic hydroxyl groups is 1. The molecule has 1 rings (SSSR count). The number of nitrogens with one attached hydrogen (secondary N) is 1.